The van der Waals surface area contributed by atoms with Gasteiger partial charge in [0, 0.05) is 75.2 Å². The molecule has 0 fully saturated rings. The van der Waals surface area contributed by atoms with Crippen LogP contribution in [0.3, 0.4) is 0 Å². The molecule has 2 aromatic carbocycles. The molecule has 0 aliphatic carbocycles. The molecule has 12 heteroatoms. The molecule has 216 valence electrons. The summed E-state index contributed by atoms with van der Waals surface area (Å²) in [5.41, 5.74) is 2.64. The van der Waals surface area contributed by atoms with E-state index in [0.717, 1.165) is 16.5 Å². The van der Waals surface area contributed by atoms with Crippen molar-refractivity contribution in [1.82, 2.24) is 19.4 Å². The number of nitrogens with zero attached hydrogens (tertiary/aromatic N) is 6. The minimum absolute atomic E-state index is 0.138. The summed E-state index contributed by atoms with van der Waals surface area (Å²) in [5, 5.41) is 16.2. The van der Waals surface area contributed by atoms with Gasteiger partial charge >= 0.3 is 6.09 Å². The molecule has 0 saturated carbocycles. The number of rotatable bonds is 9. The maximum Gasteiger partial charge on any atom is 0.410 e. The minimum atomic E-state index is -0.621. The topological polar surface area (TPSA) is 128 Å². The third-order valence-electron chi connectivity index (χ3n) is 6.46. The third-order valence-corrected chi connectivity index (χ3v) is 6.46. The Balaban J connectivity index is 1.59. The molecule has 4 rings (SSSR count). The number of likely N-dealkylation sites (N-methyl/N-ethyl adjacent to an activating group) is 2. The summed E-state index contributed by atoms with van der Waals surface area (Å²) >= 11 is 0. The zero-order chi connectivity index (χ0) is 29.9. The van der Waals surface area contributed by atoms with Crippen LogP contribution in [0.4, 0.5) is 27.8 Å². The number of amides is 1. The highest BCUT2D eigenvalue weighted by atomic mass is 16.6. The molecule has 0 aliphatic rings. The molecular formula is C29H35N7O5. The SMILES string of the molecule is COc1cc(N(C)CCN(C)C(=O)OC(C)(C)C)c([N+](=O)[O-])cc1Nc1nccc(-c2cn(C)c3ccccc23)n1. The largest absolute Gasteiger partial charge is 0.494 e. The molecule has 0 aliphatic heterocycles. The number of nitrogens with one attached hydrogen (secondary N) is 1. The van der Waals surface area contributed by atoms with E-state index in [0.29, 0.717) is 35.9 Å². The number of ether oxygens (including phenoxy) is 2. The smallest absolute Gasteiger partial charge is 0.410 e. The maximum absolute atomic E-state index is 12.3. The number of nitro groups is 1. The van der Waals surface area contributed by atoms with Gasteiger partial charge in [0.25, 0.3) is 5.69 Å². The third kappa shape index (κ3) is 6.65. The Morgan fingerprint density at radius 3 is 2.56 bits per heavy atom. The number of benzene rings is 2. The van der Waals surface area contributed by atoms with Gasteiger partial charge in [0.1, 0.15) is 17.0 Å². The van der Waals surface area contributed by atoms with Crippen molar-refractivity contribution < 1.29 is 19.2 Å². The Bertz CT molecular complexity index is 1580. The summed E-state index contributed by atoms with van der Waals surface area (Å²) in [6.45, 7) is 5.99. The van der Waals surface area contributed by atoms with E-state index in [4.69, 9.17) is 9.47 Å². The van der Waals surface area contributed by atoms with Crippen molar-refractivity contribution in [3.63, 3.8) is 0 Å². The lowest BCUT2D eigenvalue weighted by molar-refractivity contribution is -0.384. The fraction of sp³-hybridized carbons (Fsp3) is 0.345. The molecule has 0 unspecified atom stereocenters. The van der Waals surface area contributed by atoms with Crippen molar-refractivity contribution >= 4 is 40.0 Å². The summed E-state index contributed by atoms with van der Waals surface area (Å²) in [6, 6.07) is 12.8. The highest BCUT2D eigenvalue weighted by molar-refractivity contribution is 5.95. The number of hydrogen-bond donors (Lipinski definition) is 1. The lowest BCUT2D eigenvalue weighted by atomic mass is 10.1. The maximum atomic E-state index is 12.3. The molecule has 0 atom stereocenters. The minimum Gasteiger partial charge on any atom is -0.494 e. The average molecular weight is 562 g/mol. The summed E-state index contributed by atoms with van der Waals surface area (Å²) in [5.74, 6) is 0.639. The molecule has 1 amide bonds. The van der Waals surface area contributed by atoms with Crippen molar-refractivity contribution in [1.29, 1.82) is 0 Å². The predicted molar refractivity (Wildman–Crippen MR) is 159 cm³/mol. The molecule has 4 aromatic rings. The average Bonchev–Trinajstić information content (AvgIpc) is 3.27. The number of methoxy groups -OCH3 is 1. The quantitative estimate of drug-likeness (QED) is 0.205. The van der Waals surface area contributed by atoms with Gasteiger partial charge < -0.3 is 29.2 Å². The Labute approximate surface area is 238 Å². The molecule has 41 heavy (non-hydrogen) atoms. The van der Waals surface area contributed by atoms with E-state index in [9.17, 15) is 14.9 Å². The van der Waals surface area contributed by atoms with E-state index in [1.54, 1.807) is 52.0 Å². The first-order valence-corrected chi connectivity index (χ1v) is 13.0. The first-order valence-electron chi connectivity index (χ1n) is 13.0. The van der Waals surface area contributed by atoms with Crippen LogP contribution in [0.1, 0.15) is 20.8 Å². The Hall–Kier alpha value is -4.87. The number of para-hydroxylation sites is 1. The van der Waals surface area contributed by atoms with Crippen LogP contribution in [-0.4, -0.2) is 70.3 Å². The predicted octanol–water partition coefficient (Wildman–Crippen LogP) is 5.60. The highest BCUT2D eigenvalue weighted by Crippen LogP contribution is 2.39. The second kappa shape index (κ2) is 11.7. The van der Waals surface area contributed by atoms with Crippen LogP contribution in [0.5, 0.6) is 5.75 Å². The van der Waals surface area contributed by atoms with Crippen LogP contribution >= 0.6 is 0 Å². The van der Waals surface area contributed by atoms with Crippen molar-refractivity contribution in [2.75, 3.05) is 44.5 Å². The monoisotopic (exact) mass is 561 g/mol. The van der Waals surface area contributed by atoms with Crippen LogP contribution in [0.25, 0.3) is 22.2 Å². The zero-order valence-corrected chi connectivity index (χ0v) is 24.3. The van der Waals surface area contributed by atoms with Gasteiger partial charge in [0.2, 0.25) is 5.95 Å². The van der Waals surface area contributed by atoms with E-state index >= 15 is 0 Å². The van der Waals surface area contributed by atoms with Crippen LogP contribution in [0.2, 0.25) is 0 Å². The molecule has 0 bridgehead atoms. The van der Waals surface area contributed by atoms with Crippen molar-refractivity contribution in [2.24, 2.45) is 7.05 Å². The Morgan fingerprint density at radius 2 is 1.88 bits per heavy atom. The normalized spacial score (nSPS) is 11.3. The van der Waals surface area contributed by atoms with Gasteiger partial charge in [-0.2, -0.15) is 0 Å². The summed E-state index contributed by atoms with van der Waals surface area (Å²) in [6.07, 6.45) is 3.17. The number of hydrogen-bond acceptors (Lipinski definition) is 9. The molecule has 0 radical (unpaired) electrons. The molecule has 2 aromatic heterocycles. The van der Waals surface area contributed by atoms with Crippen molar-refractivity contribution in [3.8, 4) is 17.0 Å². The molecular weight excluding hydrogens is 526 g/mol. The molecule has 1 N–H and O–H groups in total. The number of aryl methyl sites for hydroxylation is 1. The van der Waals surface area contributed by atoms with Crippen LogP contribution in [-0.2, 0) is 11.8 Å². The number of carbonyl (C=O) groups excluding carboxylic acids is 1. The number of fused-ring (bicyclic) bond motifs is 1. The number of nitro benzene ring substituents is 1. The van der Waals surface area contributed by atoms with Crippen molar-refractivity contribution in [2.45, 2.75) is 26.4 Å². The van der Waals surface area contributed by atoms with Gasteiger partial charge in [0.05, 0.1) is 23.4 Å². The van der Waals surface area contributed by atoms with Gasteiger partial charge in [-0.25, -0.2) is 14.8 Å². The van der Waals surface area contributed by atoms with Crippen LogP contribution in [0, 0.1) is 10.1 Å². The molecule has 0 saturated heterocycles. The van der Waals surface area contributed by atoms with E-state index in [1.807, 2.05) is 48.1 Å². The van der Waals surface area contributed by atoms with Crippen LogP contribution in [0.15, 0.2) is 54.9 Å². The lowest BCUT2D eigenvalue weighted by Gasteiger charge is -2.27. The Kier molecular flexibility index (Phi) is 8.31. The first kappa shape index (κ1) is 29.1. The molecule has 12 nitrogen and oxygen atoms in total. The lowest BCUT2D eigenvalue weighted by Crippen LogP contribution is -2.38. The Morgan fingerprint density at radius 1 is 1.15 bits per heavy atom. The first-order chi connectivity index (χ1) is 19.4. The molecule has 2 heterocycles. The van der Waals surface area contributed by atoms with Gasteiger partial charge in [-0.05, 0) is 32.9 Å². The van der Waals surface area contributed by atoms with Gasteiger partial charge in [-0.3, -0.25) is 10.1 Å². The van der Waals surface area contributed by atoms with E-state index in [1.165, 1.54) is 18.1 Å². The number of anilines is 3. The van der Waals surface area contributed by atoms with E-state index < -0.39 is 16.6 Å². The molecule has 0 spiro atoms. The summed E-state index contributed by atoms with van der Waals surface area (Å²) in [4.78, 5) is 36.1. The van der Waals surface area contributed by atoms with Gasteiger partial charge in [-0.1, -0.05) is 18.2 Å². The number of carbonyl (C=O) groups is 1. The van der Waals surface area contributed by atoms with Crippen LogP contribution < -0.4 is 15.0 Å². The summed E-state index contributed by atoms with van der Waals surface area (Å²) in [7, 11) is 6.80. The van der Waals surface area contributed by atoms with Gasteiger partial charge in [0.15, 0.2) is 0 Å². The fourth-order valence-electron chi connectivity index (χ4n) is 4.36. The van der Waals surface area contributed by atoms with Gasteiger partial charge in [-0.15, -0.1) is 0 Å². The highest BCUT2D eigenvalue weighted by Gasteiger charge is 2.24. The standard InChI is InChI=1S/C29H35N7O5/c1-29(2,3)41-28(37)34(5)15-14-33(4)24-17-26(40-7)22(16-25(24)36(38)39)32-27-30-13-12-21(31-27)20-18-35(6)23-11-9-8-10-19(20)23/h8-13,16-18H,14-15H2,1-7H3,(H,30,31,32). The van der Waals surface area contributed by atoms with Crippen molar-refractivity contribution in [3.05, 3.63) is 65.0 Å². The van der Waals surface area contributed by atoms with E-state index in [-0.39, 0.29) is 11.6 Å². The fourth-order valence-corrected chi connectivity index (χ4v) is 4.36. The summed E-state index contributed by atoms with van der Waals surface area (Å²) < 4.78 is 13.0. The van der Waals surface area contributed by atoms with E-state index in [2.05, 4.69) is 15.3 Å². The second-order valence-electron chi connectivity index (χ2n) is 10.7. The zero-order valence-electron chi connectivity index (χ0n) is 24.3. The second-order valence-corrected chi connectivity index (χ2v) is 10.7. The number of aromatic nitrogens is 3.